The molecular formula is C14H12BrClN2O3. The Labute approximate surface area is 135 Å². The van der Waals surface area contributed by atoms with Crippen molar-refractivity contribution in [3.8, 4) is 5.75 Å². The Morgan fingerprint density at radius 2 is 2.10 bits per heavy atom. The van der Waals surface area contributed by atoms with Gasteiger partial charge in [0.15, 0.2) is 0 Å². The maximum atomic E-state index is 10.7. The number of anilines is 1. The Morgan fingerprint density at radius 3 is 2.76 bits per heavy atom. The highest BCUT2D eigenvalue weighted by molar-refractivity contribution is 9.10. The number of nitrogens with one attached hydrogen (secondary N) is 1. The zero-order valence-electron chi connectivity index (χ0n) is 11.1. The molecule has 2 aromatic rings. The number of ether oxygens (including phenoxy) is 1. The van der Waals surface area contributed by atoms with Crippen molar-refractivity contribution in [1.29, 1.82) is 0 Å². The Kier molecular flexibility index (Phi) is 5.03. The van der Waals surface area contributed by atoms with Crippen LogP contribution in [0.2, 0.25) is 5.02 Å². The van der Waals surface area contributed by atoms with E-state index >= 15 is 0 Å². The van der Waals surface area contributed by atoms with Crippen LogP contribution < -0.4 is 10.1 Å². The van der Waals surface area contributed by atoms with Crippen LogP contribution in [-0.4, -0.2) is 12.0 Å². The summed E-state index contributed by atoms with van der Waals surface area (Å²) in [4.78, 5) is 10.3. The highest BCUT2D eigenvalue weighted by Crippen LogP contribution is 2.30. The van der Waals surface area contributed by atoms with Crippen molar-refractivity contribution in [3.05, 3.63) is 61.6 Å². The Hall–Kier alpha value is -1.79. The molecule has 1 N–H and O–H groups in total. The molecule has 0 aromatic heterocycles. The first-order valence-corrected chi connectivity index (χ1v) is 7.18. The maximum Gasteiger partial charge on any atom is 0.273 e. The molecule has 0 atom stereocenters. The number of benzene rings is 2. The van der Waals surface area contributed by atoms with Gasteiger partial charge in [-0.3, -0.25) is 10.1 Å². The van der Waals surface area contributed by atoms with Crippen molar-refractivity contribution in [1.82, 2.24) is 0 Å². The fraction of sp³-hybridized carbons (Fsp3) is 0.143. The van der Waals surface area contributed by atoms with E-state index in [1.165, 1.54) is 19.2 Å². The van der Waals surface area contributed by atoms with E-state index in [0.717, 1.165) is 10.0 Å². The number of non-ortho nitro benzene ring substituents is 1. The lowest BCUT2D eigenvalue weighted by molar-refractivity contribution is -0.384. The van der Waals surface area contributed by atoms with E-state index in [2.05, 4.69) is 21.2 Å². The second kappa shape index (κ2) is 6.78. The van der Waals surface area contributed by atoms with Crippen LogP contribution in [-0.2, 0) is 6.54 Å². The second-order valence-electron chi connectivity index (χ2n) is 4.23. The summed E-state index contributed by atoms with van der Waals surface area (Å²) in [5.74, 6) is 0.412. The van der Waals surface area contributed by atoms with Crippen LogP contribution in [0.3, 0.4) is 0 Å². The van der Waals surface area contributed by atoms with Gasteiger partial charge in [0.25, 0.3) is 5.69 Å². The zero-order valence-corrected chi connectivity index (χ0v) is 13.4. The monoisotopic (exact) mass is 370 g/mol. The lowest BCUT2D eigenvalue weighted by Crippen LogP contribution is -2.02. The van der Waals surface area contributed by atoms with E-state index in [1.54, 1.807) is 12.1 Å². The number of nitro benzene ring substituents is 1. The minimum Gasteiger partial charge on any atom is -0.494 e. The number of hydrogen-bond donors (Lipinski definition) is 1. The molecule has 2 aromatic carbocycles. The highest BCUT2D eigenvalue weighted by Gasteiger charge is 2.11. The lowest BCUT2D eigenvalue weighted by Gasteiger charge is -2.12. The standard InChI is InChI=1S/C14H12BrClN2O3/c1-21-14-7-11(18(19)20)3-5-13(14)17-8-9-6-10(15)2-4-12(9)16/h2-7,17H,8H2,1H3. The fourth-order valence-electron chi connectivity index (χ4n) is 1.81. The van der Waals surface area contributed by atoms with Crippen LogP contribution in [0.4, 0.5) is 11.4 Å². The lowest BCUT2D eigenvalue weighted by atomic mass is 10.2. The number of rotatable bonds is 5. The van der Waals surface area contributed by atoms with Crippen LogP contribution in [0.1, 0.15) is 5.56 Å². The van der Waals surface area contributed by atoms with Crippen molar-refractivity contribution in [2.75, 3.05) is 12.4 Å². The van der Waals surface area contributed by atoms with Gasteiger partial charge in [-0.05, 0) is 29.8 Å². The molecule has 0 bridgehead atoms. The third-order valence-corrected chi connectivity index (χ3v) is 3.73. The van der Waals surface area contributed by atoms with Gasteiger partial charge in [-0.15, -0.1) is 0 Å². The van der Waals surface area contributed by atoms with E-state index in [9.17, 15) is 10.1 Å². The van der Waals surface area contributed by atoms with E-state index < -0.39 is 4.92 Å². The number of nitro groups is 1. The summed E-state index contributed by atoms with van der Waals surface area (Å²) in [7, 11) is 1.47. The minimum atomic E-state index is -0.461. The summed E-state index contributed by atoms with van der Waals surface area (Å²) in [6.45, 7) is 0.479. The summed E-state index contributed by atoms with van der Waals surface area (Å²) in [5.41, 5.74) is 1.56. The molecule has 21 heavy (non-hydrogen) atoms. The molecule has 0 unspecified atom stereocenters. The molecule has 0 heterocycles. The molecule has 2 rings (SSSR count). The summed E-state index contributed by atoms with van der Waals surface area (Å²) in [6, 6.07) is 9.99. The Balaban J connectivity index is 2.19. The van der Waals surface area contributed by atoms with Crippen LogP contribution in [0.5, 0.6) is 5.75 Å². The molecule has 0 aliphatic rings. The van der Waals surface area contributed by atoms with Crippen molar-refractivity contribution < 1.29 is 9.66 Å². The quantitative estimate of drug-likeness (QED) is 0.614. The van der Waals surface area contributed by atoms with Gasteiger partial charge in [0.1, 0.15) is 5.75 Å². The van der Waals surface area contributed by atoms with E-state index in [4.69, 9.17) is 16.3 Å². The average Bonchev–Trinajstić information content (AvgIpc) is 2.47. The number of hydrogen-bond acceptors (Lipinski definition) is 4. The normalized spacial score (nSPS) is 10.2. The molecule has 110 valence electrons. The molecule has 0 spiro atoms. The van der Waals surface area contributed by atoms with Crippen molar-refractivity contribution in [2.45, 2.75) is 6.54 Å². The molecule has 0 radical (unpaired) electrons. The summed E-state index contributed by atoms with van der Waals surface area (Å²) in [6.07, 6.45) is 0. The van der Waals surface area contributed by atoms with Gasteiger partial charge in [0.05, 0.1) is 23.8 Å². The van der Waals surface area contributed by atoms with E-state index in [1.807, 2.05) is 12.1 Å². The first kappa shape index (κ1) is 15.6. The van der Waals surface area contributed by atoms with Gasteiger partial charge in [0, 0.05) is 22.1 Å². The van der Waals surface area contributed by atoms with Gasteiger partial charge in [-0.2, -0.15) is 0 Å². The summed E-state index contributed by atoms with van der Waals surface area (Å²) < 4.78 is 6.10. The highest BCUT2D eigenvalue weighted by atomic mass is 79.9. The SMILES string of the molecule is COc1cc([N+](=O)[O-])ccc1NCc1cc(Br)ccc1Cl. The van der Waals surface area contributed by atoms with Crippen LogP contribution in [0, 0.1) is 10.1 Å². The number of methoxy groups -OCH3 is 1. The molecule has 0 fully saturated rings. The Morgan fingerprint density at radius 1 is 1.33 bits per heavy atom. The van der Waals surface area contributed by atoms with Crippen LogP contribution in [0.25, 0.3) is 0 Å². The molecule has 0 aliphatic carbocycles. The van der Waals surface area contributed by atoms with Crippen LogP contribution in [0.15, 0.2) is 40.9 Å². The second-order valence-corrected chi connectivity index (χ2v) is 5.55. The van der Waals surface area contributed by atoms with Gasteiger partial charge >= 0.3 is 0 Å². The molecule has 0 aliphatic heterocycles. The van der Waals surface area contributed by atoms with Crippen molar-refractivity contribution in [2.24, 2.45) is 0 Å². The molecule has 0 amide bonds. The largest absolute Gasteiger partial charge is 0.494 e. The molecule has 5 nitrogen and oxygen atoms in total. The van der Waals surface area contributed by atoms with E-state index in [0.29, 0.717) is 23.0 Å². The number of halogens is 2. The van der Waals surface area contributed by atoms with E-state index in [-0.39, 0.29) is 5.69 Å². The van der Waals surface area contributed by atoms with Gasteiger partial charge in [0.2, 0.25) is 0 Å². The predicted molar refractivity (Wildman–Crippen MR) is 86.1 cm³/mol. The third-order valence-electron chi connectivity index (χ3n) is 2.87. The van der Waals surface area contributed by atoms with Crippen molar-refractivity contribution >= 4 is 38.9 Å². The van der Waals surface area contributed by atoms with Crippen LogP contribution >= 0.6 is 27.5 Å². The minimum absolute atomic E-state index is 0.0158. The fourth-order valence-corrected chi connectivity index (χ4v) is 2.40. The van der Waals surface area contributed by atoms with Gasteiger partial charge in [-0.1, -0.05) is 27.5 Å². The zero-order chi connectivity index (χ0) is 15.4. The smallest absolute Gasteiger partial charge is 0.273 e. The van der Waals surface area contributed by atoms with Crippen molar-refractivity contribution in [3.63, 3.8) is 0 Å². The summed E-state index contributed by atoms with van der Waals surface area (Å²) in [5, 5.41) is 14.6. The number of nitrogens with zero attached hydrogens (tertiary/aromatic N) is 1. The first-order valence-electron chi connectivity index (χ1n) is 6.01. The Bertz CT molecular complexity index is 679. The molecular weight excluding hydrogens is 360 g/mol. The molecule has 0 saturated carbocycles. The van der Waals surface area contributed by atoms with Gasteiger partial charge < -0.3 is 10.1 Å². The first-order chi connectivity index (χ1) is 10.0. The average molecular weight is 372 g/mol. The topological polar surface area (TPSA) is 64.4 Å². The molecule has 0 saturated heterocycles. The maximum absolute atomic E-state index is 10.7. The third kappa shape index (κ3) is 3.86. The summed E-state index contributed by atoms with van der Waals surface area (Å²) >= 11 is 9.51. The molecule has 7 heteroatoms. The predicted octanol–water partition coefficient (Wildman–Crippen LogP) is 4.63. The van der Waals surface area contributed by atoms with Gasteiger partial charge in [-0.25, -0.2) is 0 Å².